The van der Waals surface area contributed by atoms with Crippen LogP contribution in [0.3, 0.4) is 0 Å². The normalized spacial score (nSPS) is 13.1. The third-order valence-electron chi connectivity index (χ3n) is 3.29. The molecule has 0 bridgehead atoms. The van der Waals surface area contributed by atoms with Gasteiger partial charge >= 0.3 is 6.36 Å². The van der Waals surface area contributed by atoms with Crippen LogP contribution in [-0.4, -0.2) is 30.1 Å². The smallest absolute Gasteiger partial charge is 0.406 e. The van der Waals surface area contributed by atoms with Crippen LogP contribution in [0.1, 0.15) is 5.56 Å². The van der Waals surface area contributed by atoms with E-state index in [4.69, 9.17) is 4.55 Å². The maximum absolute atomic E-state index is 14.3. The number of hydrogen-bond acceptors (Lipinski definition) is 4. The Balaban J connectivity index is 1.92. The predicted molar refractivity (Wildman–Crippen MR) is 83.1 cm³/mol. The van der Waals surface area contributed by atoms with Gasteiger partial charge in [0.25, 0.3) is 0 Å². The van der Waals surface area contributed by atoms with Gasteiger partial charge in [-0.2, -0.15) is 0 Å². The average Bonchev–Trinajstić information content (AvgIpc) is 2.94. The number of fused-ring (bicyclic) bond motifs is 1. The number of nitrogens with zero attached hydrogens (tertiary/aromatic N) is 3. The fraction of sp³-hybridized carbons (Fsp3) is 0.143. The first kappa shape index (κ1) is 18.2. The standard InChI is InChI=1S/C14H10F4N4O3S/c15-10-5-8(7-19-26(23)24)1-3-12(10)22-13-4-2-9(25-14(16,17)18)6-11(13)20-21-22/h1-6,19H,7H2,(H,23,24). The van der Waals surface area contributed by atoms with E-state index in [-0.39, 0.29) is 23.3 Å². The molecule has 138 valence electrons. The van der Waals surface area contributed by atoms with Crippen LogP contribution in [0.2, 0.25) is 0 Å². The summed E-state index contributed by atoms with van der Waals surface area (Å²) in [7, 11) is 0. The zero-order valence-corrected chi connectivity index (χ0v) is 13.5. The molecule has 3 aromatic rings. The van der Waals surface area contributed by atoms with Crippen molar-refractivity contribution in [2.45, 2.75) is 12.9 Å². The van der Waals surface area contributed by atoms with Crippen molar-refractivity contribution in [1.29, 1.82) is 0 Å². The number of rotatable bonds is 5. The van der Waals surface area contributed by atoms with Gasteiger partial charge in [0.1, 0.15) is 22.8 Å². The summed E-state index contributed by atoms with van der Waals surface area (Å²) in [5, 5.41) is 7.48. The molecular weight excluding hydrogens is 380 g/mol. The van der Waals surface area contributed by atoms with E-state index in [1.807, 2.05) is 0 Å². The molecule has 1 atom stereocenters. The quantitative estimate of drug-likeness (QED) is 0.517. The van der Waals surface area contributed by atoms with Crippen molar-refractivity contribution >= 4 is 22.3 Å². The predicted octanol–water partition coefficient (Wildman–Crippen LogP) is 2.68. The molecule has 0 saturated heterocycles. The summed E-state index contributed by atoms with van der Waals surface area (Å²) in [5.74, 6) is -1.15. The van der Waals surface area contributed by atoms with Gasteiger partial charge in [-0.05, 0) is 29.8 Å². The molecule has 3 rings (SSSR count). The van der Waals surface area contributed by atoms with Crippen LogP contribution >= 0.6 is 0 Å². The maximum atomic E-state index is 14.3. The van der Waals surface area contributed by atoms with Crippen molar-refractivity contribution in [2.24, 2.45) is 0 Å². The first-order valence-corrected chi connectivity index (χ1v) is 8.08. The molecular formula is C14H10F4N4O3S. The van der Waals surface area contributed by atoms with Crippen LogP contribution in [0.25, 0.3) is 16.7 Å². The number of halogens is 4. The van der Waals surface area contributed by atoms with Gasteiger partial charge in [0.05, 0.1) is 5.52 Å². The Bertz CT molecular complexity index is 976. The summed E-state index contributed by atoms with van der Waals surface area (Å²) in [6, 6.07) is 7.42. The van der Waals surface area contributed by atoms with E-state index in [1.165, 1.54) is 18.2 Å². The molecule has 1 aromatic heterocycles. The van der Waals surface area contributed by atoms with Gasteiger partial charge in [0.2, 0.25) is 11.3 Å². The molecule has 2 N–H and O–H groups in total. The van der Waals surface area contributed by atoms with Gasteiger partial charge < -0.3 is 4.74 Å². The second-order valence-electron chi connectivity index (χ2n) is 5.06. The highest BCUT2D eigenvalue weighted by Crippen LogP contribution is 2.27. The van der Waals surface area contributed by atoms with Gasteiger partial charge in [-0.1, -0.05) is 11.3 Å². The van der Waals surface area contributed by atoms with Crippen LogP contribution in [0.5, 0.6) is 5.75 Å². The highest BCUT2D eigenvalue weighted by molar-refractivity contribution is 7.77. The minimum Gasteiger partial charge on any atom is -0.406 e. The molecule has 26 heavy (non-hydrogen) atoms. The minimum absolute atomic E-state index is 0.0193. The highest BCUT2D eigenvalue weighted by Gasteiger charge is 2.31. The summed E-state index contributed by atoms with van der Waals surface area (Å²) < 4.78 is 77.5. The Morgan fingerprint density at radius 1 is 1.23 bits per heavy atom. The fourth-order valence-electron chi connectivity index (χ4n) is 2.26. The molecule has 0 aliphatic heterocycles. The lowest BCUT2D eigenvalue weighted by Gasteiger charge is -2.09. The average molecular weight is 390 g/mol. The van der Waals surface area contributed by atoms with E-state index in [1.54, 1.807) is 0 Å². The fourth-order valence-corrected chi connectivity index (χ4v) is 2.55. The van der Waals surface area contributed by atoms with Crippen molar-refractivity contribution in [2.75, 3.05) is 0 Å². The van der Waals surface area contributed by atoms with E-state index in [0.717, 1.165) is 22.9 Å². The number of nitrogens with one attached hydrogen (secondary N) is 1. The Morgan fingerprint density at radius 3 is 2.65 bits per heavy atom. The van der Waals surface area contributed by atoms with E-state index >= 15 is 0 Å². The zero-order chi connectivity index (χ0) is 18.9. The topological polar surface area (TPSA) is 89.3 Å². The molecule has 0 radical (unpaired) electrons. The lowest BCUT2D eigenvalue weighted by Crippen LogP contribution is -2.17. The van der Waals surface area contributed by atoms with Crippen LogP contribution in [0.4, 0.5) is 17.6 Å². The summed E-state index contributed by atoms with van der Waals surface area (Å²) >= 11 is -2.23. The Hall–Kier alpha value is -2.57. The summed E-state index contributed by atoms with van der Waals surface area (Å²) in [4.78, 5) is 0. The largest absolute Gasteiger partial charge is 0.573 e. The first-order valence-electron chi connectivity index (χ1n) is 6.97. The molecule has 0 spiro atoms. The number of ether oxygens (including phenoxy) is 1. The highest BCUT2D eigenvalue weighted by atomic mass is 32.2. The van der Waals surface area contributed by atoms with E-state index in [2.05, 4.69) is 19.8 Å². The van der Waals surface area contributed by atoms with Gasteiger partial charge in [-0.25, -0.2) is 18.0 Å². The van der Waals surface area contributed by atoms with Crippen molar-refractivity contribution < 1.29 is 31.1 Å². The Kier molecular flexibility index (Phi) is 4.89. The Morgan fingerprint density at radius 2 is 2.00 bits per heavy atom. The van der Waals surface area contributed by atoms with Gasteiger partial charge in [-0.3, -0.25) is 4.55 Å². The maximum Gasteiger partial charge on any atom is 0.573 e. The molecule has 12 heteroatoms. The lowest BCUT2D eigenvalue weighted by atomic mass is 10.2. The van der Waals surface area contributed by atoms with Crippen molar-refractivity contribution in [3.05, 3.63) is 47.8 Å². The van der Waals surface area contributed by atoms with Gasteiger partial charge in [0, 0.05) is 12.6 Å². The number of alkyl halides is 3. The minimum atomic E-state index is -4.84. The van der Waals surface area contributed by atoms with Gasteiger partial charge in [-0.15, -0.1) is 18.3 Å². The molecule has 2 aromatic carbocycles. The van der Waals surface area contributed by atoms with E-state index in [9.17, 15) is 21.8 Å². The number of aromatic nitrogens is 3. The Labute approximate surface area is 146 Å². The molecule has 1 heterocycles. The SMILES string of the molecule is O=S(O)NCc1ccc(-n2nnc3cc(OC(F)(F)F)ccc32)c(F)c1. The zero-order valence-electron chi connectivity index (χ0n) is 12.7. The van der Waals surface area contributed by atoms with Crippen molar-refractivity contribution in [3.8, 4) is 11.4 Å². The monoisotopic (exact) mass is 390 g/mol. The molecule has 0 amide bonds. The summed E-state index contributed by atoms with van der Waals surface area (Å²) in [6.07, 6.45) is -4.84. The first-order chi connectivity index (χ1) is 12.2. The van der Waals surface area contributed by atoms with E-state index < -0.39 is 29.2 Å². The van der Waals surface area contributed by atoms with Crippen LogP contribution in [0.15, 0.2) is 36.4 Å². The van der Waals surface area contributed by atoms with E-state index in [0.29, 0.717) is 5.56 Å². The van der Waals surface area contributed by atoms with Crippen LogP contribution < -0.4 is 9.46 Å². The second kappa shape index (κ2) is 6.97. The van der Waals surface area contributed by atoms with Crippen LogP contribution in [0, 0.1) is 5.82 Å². The molecule has 0 aliphatic carbocycles. The molecule has 0 fully saturated rings. The molecule has 0 saturated carbocycles. The second-order valence-corrected chi connectivity index (χ2v) is 5.84. The van der Waals surface area contributed by atoms with Crippen molar-refractivity contribution in [1.82, 2.24) is 19.7 Å². The summed E-state index contributed by atoms with van der Waals surface area (Å²) in [6.45, 7) is -0.0312. The lowest BCUT2D eigenvalue weighted by molar-refractivity contribution is -0.274. The number of hydrogen-bond donors (Lipinski definition) is 2. The van der Waals surface area contributed by atoms with Gasteiger partial charge in [0.15, 0.2) is 0 Å². The third kappa shape index (κ3) is 4.15. The third-order valence-corrected chi connectivity index (χ3v) is 3.68. The van der Waals surface area contributed by atoms with Crippen LogP contribution in [-0.2, 0) is 17.8 Å². The number of benzene rings is 2. The molecule has 0 aliphatic rings. The molecule has 7 nitrogen and oxygen atoms in total. The van der Waals surface area contributed by atoms with Crippen molar-refractivity contribution in [3.63, 3.8) is 0 Å². The summed E-state index contributed by atoms with van der Waals surface area (Å²) in [5.41, 5.74) is 0.804. The molecule has 1 unspecified atom stereocenters.